The fraction of sp³-hybridized carbons (Fsp3) is 0.0508. The van der Waals surface area contributed by atoms with Crippen LogP contribution in [0.2, 0.25) is 0 Å². The van der Waals surface area contributed by atoms with Gasteiger partial charge in [-0.15, -0.1) is 0 Å². The lowest BCUT2D eigenvalue weighted by Crippen LogP contribution is -2.75. The van der Waals surface area contributed by atoms with Gasteiger partial charge in [-0.25, -0.2) is 9.97 Å². The summed E-state index contributed by atoms with van der Waals surface area (Å²) in [6.07, 6.45) is 0. The largest absolute Gasteiger partial charge is 0.457 e. The Morgan fingerprint density at radius 3 is 1.66 bits per heavy atom. The van der Waals surface area contributed by atoms with E-state index in [1.165, 1.54) is 0 Å². The lowest BCUT2D eigenvalue weighted by Gasteiger charge is -2.40. The smallest absolute Gasteiger partial charge is 0.220 e. The van der Waals surface area contributed by atoms with Crippen LogP contribution in [0.5, 0.6) is 11.5 Å². The molecule has 4 aromatic heterocycles. The average molecular weight is 882 g/mol. The van der Waals surface area contributed by atoms with E-state index in [1.807, 2.05) is 55.5 Å². The molecule has 0 saturated carbocycles. The zero-order chi connectivity index (χ0) is 46.9. The Hall–Kier alpha value is -8.46. The van der Waals surface area contributed by atoms with Crippen molar-refractivity contribution in [3.05, 3.63) is 230 Å². The Bertz CT molecular complexity index is 4210. The van der Waals surface area contributed by atoms with Crippen molar-refractivity contribution in [1.82, 2.24) is 27.9 Å². The number of benzene rings is 9. The molecule has 13 aromatic rings. The highest BCUT2D eigenvalue weighted by Gasteiger charge is 2.47. The Balaban J connectivity index is 1.05. The quantitative estimate of drug-likeness (QED) is 0.123. The van der Waals surface area contributed by atoms with E-state index in [-0.39, 0.29) is 0 Å². The molecule has 0 N–H and O–H groups in total. The first kappa shape index (κ1) is 34.9. The number of imidazole rings is 4. The monoisotopic (exact) mass is 881 g/mol. The number of rotatable bonds is 6. The van der Waals surface area contributed by atoms with Gasteiger partial charge >= 0.3 is 0 Å². The predicted molar refractivity (Wildman–Crippen MR) is 275 cm³/mol. The first-order valence-electron chi connectivity index (χ1n) is 24.2. The van der Waals surface area contributed by atoms with Gasteiger partial charge in [0, 0.05) is 26.3 Å². The summed E-state index contributed by atoms with van der Waals surface area (Å²) in [6.45, 7) is -0.536. The molecule has 0 fully saturated rings. The van der Waals surface area contributed by atoms with Crippen LogP contribution in [0, 0.1) is 0 Å². The minimum atomic E-state index is -3.41. The van der Waals surface area contributed by atoms with Gasteiger partial charge in [0.1, 0.15) is 11.5 Å². The molecule has 5 heterocycles. The minimum absolute atomic E-state index is 0.556. The molecule has 0 spiro atoms. The van der Waals surface area contributed by atoms with Gasteiger partial charge in [-0.05, 0) is 93.5 Å². The molecule has 0 radical (unpaired) electrons. The van der Waals surface area contributed by atoms with E-state index in [9.17, 15) is 0 Å². The molecule has 1 unspecified atom stereocenters. The predicted octanol–water partition coefficient (Wildman–Crippen LogP) is 11.0. The van der Waals surface area contributed by atoms with Gasteiger partial charge in [0.15, 0.2) is 8.07 Å². The molecule has 67 heavy (non-hydrogen) atoms. The molecule has 0 saturated heterocycles. The summed E-state index contributed by atoms with van der Waals surface area (Å²) < 4.78 is 43.5. The van der Waals surface area contributed by atoms with Crippen LogP contribution in [-0.4, -0.2) is 36.0 Å². The average Bonchev–Trinajstić information content (AvgIpc) is 4.14. The lowest BCUT2D eigenvalue weighted by molar-refractivity contribution is 0.421. The number of aromatic nitrogens is 6. The van der Waals surface area contributed by atoms with E-state index in [4.69, 9.17) is 18.8 Å². The normalized spacial score (nSPS) is 15.7. The molecule has 14 rings (SSSR count). The Kier molecular flexibility index (Phi) is 7.30. The van der Waals surface area contributed by atoms with Gasteiger partial charge in [0.25, 0.3) is 0 Å². The number of hydrogen-bond donors (Lipinski definition) is 0. The molecule has 8 heteroatoms. The van der Waals surface area contributed by atoms with E-state index >= 15 is 0 Å². The maximum Gasteiger partial charge on any atom is 0.220 e. The highest BCUT2D eigenvalue weighted by atomic mass is 28.3. The Labute approximate surface area is 391 Å². The first-order valence-corrected chi connectivity index (χ1v) is 24.7. The SMILES string of the molecule is [2H]C([2H])([2H])C1(C)c2ccccc2Oc2c1cccc2[Si](c1ccccc1)(c1ccccc1)c1cccc(-n2c3ccc(-n4c5ccccc5n5c6ccccc6nc45)cc3n3c4ccccc4nc23)c1. The minimum Gasteiger partial charge on any atom is -0.457 e. The zero-order valence-electron chi connectivity index (χ0n) is 39.4. The molecule has 1 atom stereocenters. The molecule has 1 aliphatic rings. The number of para-hydroxylation sites is 8. The molecule has 7 nitrogen and oxygen atoms in total. The molecule has 0 amide bonds. The molecule has 0 bridgehead atoms. The number of hydrogen-bond acceptors (Lipinski definition) is 3. The molecular formula is C59H42N6OSi. The fourth-order valence-electron chi connectivity index (χ4n) is 11.2. The number of fused-ring (bicyclic) bond motifs is 12. The standard InChI is InChI=1S/C59H42N6OSi/c1-59(2)44-25-9-16-33-54(44)66-56-45(59)26-18-34-55(56)67(41-20-5-3-6-21-41,42-22-7-4-8-23-42)43-24-17-19-39(37-43)62-52-36-35-40(38-53(52)65-49-30-13-11-28-47(49)61-58(62)65)63-50-31-14-15-32-51(50)64-48-29-12-10-27-46(48)60-57(63)64/h3-38H,1-2H3/i1D3. The summed E-state index contributed by atoms with van der Waals surface area (Å²) in [5.74, 6) is 2.79. The number of nitrogens with zero attached hydrogens (tertiary/aromatic N) is 6. The van der Waals surface area contributed by atoms with Gasteiger partial charge < -0.3 is 4.74 Å². The maximum absolute atomic E-state index is 9.10. The van der Waals surface area contributed by atoms with Crippen molar-refractivity contribution in [3.63, 3.8) is 0 Å². The third-order valence-electron chi connectivity index (χ3n) is 14.1. The maximum atomic E-state index is 9.10. The Morgan fingerprint density at radius 1 is 0.448 bits per heavy atom. The third-order valence-corrected chi connectivity index (χ3v) is 18.9. The van der Waals surface area contributed by atoms with Gasteiger partial charge in [-0.1, -0.05) is 159 Å². The summed E-state index contributed by atoms with van der Waals surface area (Å²) in [4.78, 5) is 10.6. The van der Waals surface area contributed by atoms with Crippen molar-refractivity contribution >= 4 is 84.5 Å². The van der Waals surface area contributed by atoms with Crippen LogP contribution in [0.15, 0.2) is 218 Å². The fourth-order valence-corrected chi connectivity index (χ4v) is 16.1. The molecule has 1 aliphatic heterocycles. The van der Waals surface area contributed by atoms with Crippen molar-refractivity contribution in [2.45, 2.75) is 19.2 Å². The first-order chi connectivity index (χ1) is 34.2. The van der Waals surface area contributed by atoms with Gasteiger partial charge in [-0.3, -0.25) is 17.9 Å². The van der Waals surface area contributed by atoms with E-state index in [1.54, 1.807) is 0 Å². The van der Waals surface area contributed by atoms with Crippen LogP contribution in [0.4, 0.5) is 0 Å². The van der Waals surface area contributed by atoms with Crippen LogP contribution < -0.4 is 25.5 Å². The van der Waals surface area contributed by atoms with Crippen molar-refractivity contribution < 1.29 is 8.85 Å². The summed E-state index contributed by atoms with van der Waals surface area (Å²) in [5.41, 5.74) is 9.93. The van der Waals surface area contributed by atoms with Gasteiger partial charge in [-0.2, -0.15) is 0 Å². The van der Waals surface area contributed by atoms with Crippen LogP contribution in [0.25, 0.3) is 67.1 Å². The summed E-state index contributed by atoms with van der Waals surface area (Å²) in [7, 11) is -3.41. The van der Waals surface area contributed by atoms with Crippen LogP contribution in [0.3, 0.4) is 0 Å². The van der Waals surface area contributed by atoms with E-state index in [0.29, 0.717) is 22.6 Å². The van der Waals surface area contributed by atoms with Crippen molar-refractivity contribution in [2.75, 3.05) is 0 Å². The van der Waals surface area contributed by atoms with E-state index in [2.05, 4.69) is 188 Å². The third kappa shape index (κ3) is 5.21. The van der Waals surface area contributed by atoms with Crippen molar-refractivity contribution in [1.29, 1.82) is 0 Å². The van der Waals surface area contributed by atoms with E-state index < -0.39 is 20.3 Å². The van der Waals surface area contributed by atoms with Crippen LogP contribution in [-0.2, 0) is 5.41 Å². The Morgan fingerprint density at radius 2 is 0.970 bits per heavy atom. The van der Waals surface area contributed by atoms with Crippen LogP contribution in [0.1, 0.15) is 29.0 Å². The van der Waals surface area contributed by atoms with Gasteiger partial charge in [0.2, 0.25) is 11.6 Å². The summed E-state index contributed by atoms with van der Waals surface area (Å²) in [6, 6.07) is 75.8. The lowest BCUT2D eigenvalue weighted by atomic mass is 9.76. The highest BCUT2D eigenvalue weighted by molar-refractivity contribution is 7.20. The second-order valence-corrected chi connectivity index (χ2v) is 21.5. The second kappa shape index (κ2) is 14.0. The topological polar surface area (TPSA) is 53.7 Å². The zero-order valence-corrected chi connectivity index (χ0v) is 37.4. The summed E-state index contributed by atoms with van der Waals surface area (Å²) in [5, 5.41) is 4.36. The summed E-state index contributed by atoms with van der Waals surface area (Å²) >= 11 is 0. The molecule has 318 valence electrons. The van der Waals surface area contributed by atoms with Gasteiger partial charge in [0.05, 0.1) is 49.8 Å². The molecular weight excluding hydrogens is 837 g/mol. The van der Waals surface area contributed by atoms with E-state index in [0.717, 1.165) is 87.8 Å². The van der Waals surface area contributed by atoms with Crippen molar-refractivity contribution in [3.8, 4) is 22.9 Å². The molecule has 9 aromatic carbocycles. The number of ether oxygens (including phenoxy) is 1. The van der Waals surface area contributed by atoms with Crippen molar-refractivity contribution in [2.24, 2.45) is 0 Å². The highest BCUT2D eigenvalue weighted by Crippen LogP contribution is 2.47. The molecule has 0 aliphatic carbocycles. The second-order valence-electron chi connectivity index (χ2n) is 17.7. The van der Waals surface area contributed by atoms with Crippen LogP contribution >= 0.6 is 0 Å².